The van der Waals surface area contributed by atoms with Gasteiger partial charge in [0.1, 0.15) is 0 Å². The number of hydrogen-bond acceptors (Lipinski definition) is 5. The molecule has 6 rings (SSSR count). The zero-order valence-corrected chi connectivity index (χ0v) is 22.9. The molecule has 0 saturated carbocycles. The molecule has 2 aromatic carbocycles. The first-order valence-electron chi connectivity index (χ1n) is 13.6. The van der Waals surface area contributed by atoms with Crippen molar-refractivity contribution in [2.75, 3.05) is 20.2 Å². The van der Waals surface area contributed by atoms with E-state index in [4.69, 9.17) is 9.84 Å². The number of aromatic nitrogens is 2. The molecule has 0 radical (unpaired) electrons. The van der Waals surface area contributed by atoms with Crippen LogP contribution in [0.2, 0.25) is 0 Å². The molecule has 0 fully saturated rings. The first kappa shape index (κ1) is 27.4. The van der Waals surface area contributed by atoms with Crippen LogP contribution in [-0.4, -0.2) is 58.3 Å². The number of carboxylic acids is 1. The third-order valence-electron chi connectivity index (χ3n) is 7.35. The molecular formula is C31H34N4O5. The number of nitrogens with zero attached hydrogens (tertiary/aromatic N) is 2. The van der Waals surface area contributed by atoms with E-state index in [1.165, 1.54) is 0 Å². The molecule has 0 spiro atoms. The summed E-state index contributed by atoms with van der Waals surface area (Å²) in [6.45, 7) is 6.00. The minimum Gasteiger partial charge on any atom is -0.481 e. The van der Waals surface area contributed by atoms with Crippen LogP contribution in [0.4, 0.5) is 0 Å². The molecule has 0 saturated heterocycles. The van der Waals surface area contributed by atoms with E-state index >= 15 is 0 Å². The van der Waals surface area contributed by atoms with Crippen LogP contribution in [0.15, 0.2) is 60.9 Å². The summed E-state index contributed by atoms with van der Waals surface area (Å²) in [6, 6.07) is 16.1. The number of aliphatic carboxylic acids is 1. The van der Waals surface area contributed by atoms with Gasteiger partial charge in [0.05, 0.1) is 29.8 Å². The van der Waals surface area contributed by atoms with Crippen LogP contribution < -0.4 is 10.6 Å². The van der Waals surface area contributed by atoms with E-state index in [1.807, 2.05) is 61.9 Å². The van der Waals surface area contributed by atoms with Crippen LogP contribution in [0, 0.1) is 5.92 Å². The Hall–Kier alpha value is -4.21. The molecule has 4 aromatic rings. The van der Waals surface area contributed by atoms with Gasteiger partial charge in [0, 0.05) is 65.0 Å². The van der Waals surface area contributed by atoms with Crippen molar-refractivity contribution in [3.05, 3.63) is 72.1 Å². The average molecular weight is 543 g/mol. The molecule has 9 nitrogen and oxygen atoms in total. The van der Waals surface area contributed by atoms with Crippen molar-refractivity contribution >= 4 is 50.7 Å². The van der Waals surface area contributed by atoms with Gasteiger partial charge in [-0.15, -0.1) is 0 Å². The van der Waals surface area contributed by atoms with E-state index in [0.29, 0.717) is 24.3 Å². The van der Waals surface area contributed by atoms with Gasteiger partial charge in [-0.1, -0.05) is 50.2 Å². The highest BCUT2D eigenvalue weighted by Gasteiger charge is 2.35. The maximum Gasteiger partial charge on any atom is 0.305 e. The van der Waals surface area contributed by atoms with Crippen molar-refractivity contribution < 1.29 is 24.2 Å². The van der Waals surface area contributed by atoms with Crippen LogP contribution in [0.3, 0.4) is 0 Å². The minimum absolute atomic E-state index is 0.0602. The van der Waals surface area contributed by atoms with Crippen molar-refractivity contribution in [3.63, 3.8) is 0 Å². The normalized spacial score (nSPS) is 17.4. The highest BCUT2D eigenvalue weighted by molar-refractivity contribution is 6.50. The second-order valence-corrected chi connectivity index (χ2v) is 10.4. The molecule has 2 aliphatic rings. The number of carboxylic acid groups (broad SMARTS) is 1. The van der Waals surface area contributed by atoms with Gasteiger partial charge >= 0.3 is 5.97 Å². The minimum atomic E-state index is -0.741. The number of likely N-dealkylation sites (N-methyl/N-ethyl adjacent to an activating group) is 1. The number of aryl methyl sites for hydroxylation is 1. The number of ether oxygens (including phenoxy) is 1. The Bertz CT molecular complexity index is 1630. The summed E-state index contributed by atoms with van der Waals surface area (Å²) in [5, 5.41) is 15.7. The van der Waals surface area contributed by atoms with Crippen LogP contribution in [-0.2, 0) is 32.2 Å². The fourth-order valence-corrected chi connectivity index (χ4v) is 5.30. The van der Waals surface area contributed by atoms with E-state index in [-0.39, 0.29) is 23.8 Å². The van der Waals surface area contributed by atoms with Gasteiger partial charge in [-0.25, -0.2) is 0 Å². The first-order valence-corrected chi connectivity index (χ1v) is 13.6. The van der Waals surface area contributed by atoms with E-state index in [1.54, 1.807) is 13.8 Å². The van der Waals surface area contributed by atoms with Crippen molar-refractivity contribution in [1.29, 1.82) is 0 Å². The summed E-state index contributed by atoms with van der Waals surface area (Å²) in [7, 11) is 1.94. The second kappa shape index (κ2) is 11.5. The summed E-state index contributed by atoms with van der Waals surface area (Å²) >= 11 is 0. The Morgan fingerprint density at radius 2 is 1.45 bits per heavy atom. The topological polar surface area (TPSA) is 115 Å². The number of carbonyl (C=O) groups is 3. The van der Waals surface area contributed by atoms with Gasteiger partial charge in [0.2, 0.25) is 0 Å². The molecule has 4 heterocycles. The van der Waals surface area contributed by atoms with E-state index < -0.39 is 5.97 Å². The number of carbonyl (C=O) groups excluding carboxylic acids is 2. The lowest BCUT2D eigenvalue weighted by molar-refractivity contribution is -0.140. The van der Waals surface area contributed by atoms with E-state index in [9.17, 15) is 14.4 Å². The zero-order chi connectivity index (χ0) is 28.4. The summed E-state index contributed by atoms with van der Waals surface area (Å²) in [4.78, 5) is 36.0. The van der Waals surface area contributed by atoms with Gasteiger partial charge in [0.15, 0.2) is 0 Å². The maximum atomic E-state index is 13.2. The Balaban J connectivity index is 0.000000487. The SMILES string of the molecule is CC(C)C(=O)O.CNCC1CCn2cc(c3ccccc32)C2=C(C(=O)NC2=O)c2cn(c3ccccc23)CCO1. The fraction of sp³-hybridized carbons (Fsp3) is 0.323. The molecule has 3 N–H and O–H groups in total. The maximum absolute atomic E-state index is 13.2. The Labute approximate surface area is 232 Å². The highest BCUT2D eigenvalue weighted by Crippen LogP contribution is 2.39. The number of nitrogens with one attached hydrogen (secondary N) is 2. The monoisotopic (exact) mass is 542 g/mol. The Morgan fingerprint density at radius 1 is 0.950 bits per heavy atom. The number of benzene rings is 2. The highest BCUT2D eigenvalue weighted by atomic mass is 16.5. The van der Waals surface area contributed by atoms with E-state index in [0.717, 1.165) is 52.4 Å². The molecule has 0 aliphatic carbocycles. The number of para-hydroxylation sites is 2. The molecular weight excluding hydrogens is 508 g/mol. The smallest absolute Gasteiger partial charge is 0.305 e. The van der Waals surface area contributed by atoms with Crippen molar-refractivity contribution in [2.24, 2.45) is 5.92 Å². The van der Waals surface area contributed by atoms with Crippen LogP contribution in [0.1, 0.15) is 31.4 Å². The van der Waals surface area contributed by atoms with Crippen molar-refractivity contribution in [2.45, 2.75) is 39.5 Å². The summed E-state index contributed by atoms with van der Waals surface area (Å²) in [6.07, 6.45) is 4.89. The molecule has 2 amide bonds. The third kappa shape index (κ3) is 5.17. The van der Waals surface area contributed by atoms with Gasteiger partial charge < -0.3 is 24.3 Å². The third-order valence-corrected chi connectivity index (χ3v) is 7.35. The van der Waals surface area contributed by atoms with Crippen molar-refractivity contribution in [3.8, 4) is 0 Å². The number of hydrogen-bond donors (Lipinski definition) is 3. The van der Waals surface area contributed by atoms with E-state index in [2.05, 4.69) is 25.8 Å². The van der Waals surface area contributed by atoms with Gasteiger partial charge in [-0.05, 0) is 25.6 Å². The predicted molar refractivity (Wildman–Crippen MR) is 155 cm³/mol. The molecule has 1 unspecified atom stereocenters. The van der Waals surface area contributed by atoms with Crippen LogP contribution in [0.25, 0.3) is 33.0 Å². The molecule has 208 valence electrons. The summed E-state index contributed by atoms with van der Waals surface area (Å²) < 4.78 is 10.6. The van der Waals surface area contributed by atoms with Gasteiger partial charge in [-0.3, -0.25) is 19.7 Å². The Morgan fingerprint density at radius 3 is 1.95 bits per heavy atom. The molecule has 4 bridgehead atoms. The standard InChI is InChI=1S/C27H26N4O3.C4H8O2/c1-28-14-17-10-11-30-15-20(18-6-2-4-8-22(18)30)24-25(27(33)29-26(24)32)21-16-31(12-13-34-17)23-9-5-3-7-19(21)23;1-3(2)4(5)6/h2-9,15-17,28H,10-14H2,1H3,(H,29,32,33);3H,1-2H3,(H,5,6). The van der Waals surface area contributed by atoms with Gasteiger partial charge in [0.25, 0.3) is 11.8 Å². The molecule has 2 aliphatic heterocycles. The lowest BCUT2D eigenvalue weighted by atomic mass is 9.95. The van der Waals surface area contributed by atoms with Crippen LogP contribution in [0.5, 0.6) is 0 Å². The summed E-state index contributed by atoms with van der Waals surface area (Å²) in [5.74, 6) is -1.67. The zero-order valence-electron chi connectivity index (χ0n) is 22.9. The lowest BCUT2D eigenvalue weighted by Crippen LogP contribution is -2.29. The summed E-state index contributed by atoms with van der Waals surface area (Å²) in [5.41, 5.74) is 4.50. The largest absolute Gasteiger partial charge is 0.481 e. The first-order chi connectivity index (χ1) is 19.3. The van der Waals surface area contributed by atoms with Crippen LogP contribution >= 0.6 is 0 Å². The number of fused-ring (bicyclic) bond motifs is 12. The second-order valence-electron chi connectivity index (χ2n) is 10.4. The molecule has 1 atom stereocenters. The lowest BCUT2D eigenvalue weighted by Gasteiger charge is -2.19. The number of rotatable bonds is 3. The average Bonchev–Trinajstić information content (AvgIpc) is 3.57. The van der Waals surface area contributed by atoms with Gasteiger partial charge in [-0.2, -0.15) is 0 Å². The quantitative estimate of drug-likeness (QED) is 0.339. The number of amides is 2. The fourth-order valence-electron chi connectivity index (χ4n) is 5.30. The number of imide groups is 1. The molecule has 9 heteroatoms. The molecule has 40 heavy (non-hydrogen) atoms. The molecule has 2 aromatic heterocycles. The van der Waals surface area contributed by atoms with Crippen molar-refractivity contribution in [1.82, 2.24) is 19.8 Å². The Kier molecular flexibility index (Phi) is 7.86. The predicted octanol–water partition coefficient (Wildman–Crippen LogP) is 3.90.